The minimum absolute atomic E-state index is 0.0565. The molecule has 2 aromatic heterocycles. The predicted molar refractivity (Wildman–Crippen MR) is 112 cm³/mol. The number of nitrogens with zero attached hydrogens (tertiary/aromatic N) is 4. The van der Waals surface area contributed by atoms with Crippen LogP contribution < -0.4 is 15.4 Å². The molecule has 1 atom stereocenters. The Hall–Kier alpha value is -2.92. The average molecular weight is 433 g/mol. The lowest BCUT2D eigenvalue weighted by Crippen LogP contribution is -2.22. The fraction of sp³-hybridized carbons (Fsp3) is 0.278. The second kappa shape index (κ2) is 9.52. The Kier molecular flexibility index (Phi) is 6.83. The van der Waals surface area contributed by atoms with E-state index in [1.807, 2.05) is 0 Å². The molecule has 0 bridgehead atoms. The topological polar surface area (TPSA) is 111 Å². The lowest BCUT2D eigenvalue weighted by atomic mass is 10.3. The van der Waals surface area contributed by atoms with Crippen molar-refractivity contribution in [2.75, 3.05) is 17.7 Å². The second-order valence-corrected chi connectivity index (χ2v) is 8.20. The van der Waals surface area contributed by atoms with Crippen molar-refractivity contribution in [2.45, 2.75) is 23.8 Å². The summed E-state index contributed by atoms with van der Waals surface area (Å²) in [5, 5.41) is 16.2. The van der Waals surface area contributed by atoms with Crippen molar-refractivity contribution in [3.63, 3.8) is 0 Å². The van der Waals surface area contributed by atoms with Gasteiger partial charge in [-0.1, -0.05) is 17.8 Å². The maximum atomic E-state index is 12.3. The molecule has 0 unspecified atom stereocenters. The highest BCUT2D eigenvalue weighted by atomic mass is 32.2. The molecule has 1 aromatic carbocycles. The van der Waals surface area contributed by atoms with Crippen molar-refractivity contribution < 1.29 is 14.3 Å². The Labute approximate surface area is 175 Å². The van der Waals surface area contributed by atoms with Crippen LogP contribution in [0.15, 0.2) is 41.0 Å². The molecular formula is C18H20N6O3S2. The zero-order valence-corrected chi connectivity index (χ0v) is 17.7. The zero-order chi connectivity index (χ0) is 20.8. The molecule has 0 aliphatic heterocycles. The second-order valence-electron chi connectivity index (χ2n) is 6.00. The van der Waals surface area contributed by atoms with Gasteiger partial charge in [0.2, 0.25) is 11.8 Å². The van der Waals surface area contributed by atoms with Crippen molar-refractivity contribution in [3.8, 4) is 5.75 Å². The zero-order valence-electron chi connectivity index (χ0n) is 16.1. The van der Waals surface area contributed by atoms with E-state index < -0.39 is 5.25 Å². The van der Waals surface area contributed by atoms with Gasteiger partial charge in [-0.05, 0) is 19.1 Å². The summed E-state index contributed by atoms with van der Waals surface area (Å²) in [6, 6.07) is 7.11. The van der Waals surface area contributed by atoms with E-state index >= 15 is 0 Å². The van der Waals surface area contributed by atoms with Crippen molar-refractivity contribution in [1.29, 1.82) is 0 Å². The molecule has 0 saturated heterocycles. The lowest BCUT2D eigenvalue weighted by Gasteiger charge is -2.10. The van der Waals surface area contributed by atoms with Gasteiger partial charge in [0.15, 0.2) is 10.3 Å². The number of carbonyl (C=O) groups excluding carboxylic acids is 2. The smallest absolute Gasteiger partial charge is 0.239 e. The van der Waals surface area contributed by atoms with Crippen LogP contribution in [0.1, 0.15) is 12.7 Å². The van der Waals surface area contributed by atoms with Gasteiger partial charge in [0, 0.05) is 30.4 Å². The molecule has 2 heterocycles. The van der Waals surface area contributed by atoms with E-state index in [1.54, 1.807) is 61.5 Å². The van der Waals surface area contributed by atoms with Crippen LogP contribution in [0.4, 0.5) is 10.8 Å². The molecule has 2 N–H and O–H groups in total. The number of methoxy groups -OCH3 is 1. The first-order valence-electron chi connectivity index (χ1n) is 8.65. The monoisotopic (exact) mass is 432 g/mol. The van der Waals surface area contributed by atoms with E-state index in [2.05, 4.69) is 25.8 Å². The Morgan fingerprint density at radius 3 is 2.86 bits per heavy atom. The fourth-order valence-corrected chi connectivity index (χ4v) is 3.72. The number of hydrogen-bond acceptors (Lipinski definition) is 8. The molecule has 3 rings (SSSR count). The van der Waals surface area contributed by atoms with Crippen LogP contribution in [-0.4, -0.2) is 43.9 Å². The third-order valence-corrected chi connectivity index (χ3v) is 5.73. The van der Waals surface area contributed by atoms with Crippen molar-refractivity contribution >= 4 is 45.7 Å². The first-order chi connectivity index (χ1) is 14.0. The van der Waals surface area contributed by atoms with Crippen LogP contribution in [0.5, 0.6) is 5.75 Å². The van der Waals surface area contributed by atoms with Gasteiger partial charge < -0.3 is 19.9 Å². The van der Waals surface area contributed by atoms with Crippen LogP contribution >= 0.6 is 23.1 Å². The van der Waals surface area contributed by atoms with Gasteiger partial charge in [0.05, 0.1) is 18.8 Å². The molecule has 9 nitrogen and oxygen atoms in total. The minimum Gasteiger partial charge on any atom is -0.497 e. The normalized spacial score (nSPS) is 11.7. The van der Waals surface area contributed by atoms with Gasteiger partial charge in [0.1, 0.15) is 11.6 Å². The molecule has 0 spiro atoms. The summed E-state index contributed by atoms with van der Waals surface area (Å²) in [6.07, 6.45) is 1.69. The number of aromatic nitrogens is 4. The lowest BCUT2D eigenvalue weighted by molar-refractivity contribution is -0.116. The summed E-state index contributed by atoms with van der Waals surface area (Å²) in [5.41, 5.74) is 0.638. The Bertz CT molecular complexity index is 989. The molecule has 0 aliphatic rings. The van der Waals surface area contributed by atoms with E-state index in [9.17, 15) is 9.59 Å². The van der Waals surface area contributed by atoms with Crippen LogP contribution in [0.25, 0.3) is 0 Å². The number of hydrogen-bond donors (Lipinski definition) is 2. The number of thiazole rings is 1. The summed E-state index contributed by atoms with van der Waals surface area (Å²) in [6.45, 7) is 1.78. The first kappa shape index (κ1) is 20.8. The van der Waals surface area contributed by atoms with E-state index in [1.165, 1.54) is 23.1 Å². The van der Waals surface area contributed by atoms with Gasteiger partial charge in [-0.2, -0.15) is 0 Å². The van der Waals surface area contributed by atoms with E-state index in [0.29, 0.717) is 27.5 Å². The Balaban J connectivity index is 1.58. The summed E-state index contributed by atoms with van der Waals surface area (Å²) < 4.78 is 6.86. The van der Waals surface area contributed by atoms with Crippen molar-refractivity contribution in [2.24, 2.45) is 7.05 Å². The highest BCUT2D eigenvalue weighted by molar-refractivity contribution is 8.00. The highest BCUT2D eigenvalue weighted by Crippen LogP contribution is 2.23. The Morgan fingerprint density at radius 2 is 2.14 bits per heavy atom. The SMILES string of the molecule is COc1cccc(NC(=O)Cc2nnc(S[C@@H](C)C(=O)Nc3nccs3)n2C)c1. The number of thioether (sulfide) groups is 1. The maximum Gasteiger partial charge on any atom is 0.239 e. The van der Waals surface area contributed by atoms with Crippen molar-refractivity contribution in [3.05, 3.63) is 41.7 Å². The van der Waals surface area contributed by atoms with E-state index in [4.69, 9.17) is 4.74 Å². The third kappa shape index (κ3) is 5.55. The molecule has 29 heavy (non-hydrogen) atoms. The maximum absolute atomic E-state index is 12.3. The van der Waals surface area contributed by atoms with Crippen LogP contribution in [0.3, 0.4) is 0 Å². The van der Waals surface area contributed by atoms with E-state index in [-0.39, 0.29) is 18.2 Å². The van der Waals surface area contributed by atoms with Gasteiger partial charge in [-0.15, -0.1) is 21.5 Å². The third-order valence-electron chi connectivity index (χ3n) is 3.91. The van der Waals surface area contributed by atoms with Crippen LogP contribution in [0.2, 0.25) is 0 Å². The molecule has 152 valence electrons. The summed E-state index contributed by atoms with van der Waals surface area (Å²) in [4.78, 5) is 28.6. The molecule has 3 aromatic rings. The average Bonchev–Trinajstić information content (AvgIpc) is 3.33. The van der Waals surface area contributed by atoms with Gasteiger partial charge in [0.25, 0.3) is 0 Å². The molecular weight excluding hydrogens is 412 g/mol. The number of nitrogens with one attached hydrogen (secondary N) is 2. The van der Waals surface area contributed by atoms with Crippen LogP contribution in [0, 0.1) is 0 Å². The van der Waals surface area contributed by atoms with Crippen molar-refractivity contribution in [1.82, 2.24) is 19.7 Å². The van der Waals surface area contributed by atoms with E-state index in [0.717, 1.165) is 0 Å². The molecule has 0 saturated carbocycles. The number of benzene rings is 1. The summed E-state index contributed by atoms with van der Waals surface area (Å²) in [7, 11) is 3.33. The molecule has 0 radical (unpaired) electrons. The molecule has 2 amide bonds. The Morgan fingerprint density at radius 1 is 1.31 bits per heavy atom. The minimum atomic E-state index is -0.403. The number of rotatable bonds is 8. The standard InChI is InChI=1S/C18H20N6O3S2/c1-11(16(26)21-17-19-7-8-28-17)29-18-23-22-14(24(18)2)10-15(25)20-12-5-4-6-13(9-12)27-3/h4-9,11H,10H2,1-3H3,(H,20,25)(H,19,21,26)/t11-/m0/s1. The number of carbonyl (C=O) groups is 2. The molecule has 0 aliphatic carbocycles. The fourth-order valence-electron chi connectivity index (χ4n) is 2.36. The molecule has 0 fully saturated rings. The largest absolute Gasteiger partial charge is 0.497 e. The molecule has 11 heteroatoms. The number of ether oxygens (including phenoxy) is 1. The number of amides is 2. The summed E-state index contributed by atoms with van der Waals surface area (Å²) >= 11 is 2.62. The quantitative estimate of drug-likeness (QED) is 0.526. The first-order valence-corrected chi connectivity index (χ1v) is 10.4. The van der Waals surface area contributed by atoms with Crippen LogP contribution in [-0.2, 0) is 23.1 Å². The highest BCUT2D eigenvalue weighted by Gasteiger charge is 2.20. The van der Waals surface area contributed by atoms with Gasteiger partial charge in [-0.3, -0.25) is 9.59 Å². The number of anilines is 2. The predicted octanol–water partition coefficient (Wildman–Crippen LogP) is 2.58. The van der Waals surface area contributed by atoms with Gasteiger partial charge in [-0.25, -0.2) is 4.98 Å². The van der Waals surface area contributed by atoms with Gasteiger partial charge >= 0.3 is 0 Å². The summed E-state index contributed by atoms with van der Waals surface area (Å²) in [5.74, 6) is 0.760.